The van der Waals surface area contributed by atoms with E-state index >= 15 is 0 Å². The summed E-state index contributed by atoms with van der Waals surface area (Å²) in [6.45, 7) is 8.59. The lowest BCUT2D eigenvalue weighted by molar-refractivity contribution is -0.158. The smallest absolute Gasteiger partial charge is 0.321 e. The van der Waals surface area contributed by atoms with E-state index in [1.807, 2.05) is 6.92 Å². The third kappa shape index (κ3) is 2.76. The predicted molar refractivity (Wildman–Crippen MR) is 83.7 cm³/mol. The Morgan fingerprint density at radius 1 is 1.35 bits per heavy atom. The Balaban J connectivity index is 2.44. The third-order valence-corrected chi connectivity index (χ3v) is 5.56. The normalized spacial score (nSPS) is 21.6. The summed E-state index contributed by atoms with van der Waals surface area (Å²) < 4.78 is 31.0. The van der Waals surface area contributed by atoms with Gasteiger partial charge >= 0.3 is 5.97 Å². The average molecular weight is 337 g/mol. The molecule has 0 spiro atoms. The fraction of sp³-hybridized carbons (Fsp3) is 0.375. The van der Waals surface area contributed by atoms with E-state index in [0.29, 0.717) is 4.31 Å². The molecule has 1 saturated heterocycles. The van der Waals surface area contributed by atoms with Gasteiger partial charge in [0.1, 0.15) is 0 Å². The van der Waals surface area contributed by atoms with E-state index in [1.54, 1.807) is 19.1 Å². The number of nitrogens with zero attached hydrogens (tertiary/aromatic N) is 1. The number of aryl methyl sites for hydroxylation is 1. The second kappa shape index (κ2) is 5.81. The molecule has 0 saturated carbocycles. The van der Waals surface area contributed by atoms with E-state index in [4.69, 9.17) is 4.74 Å². The van der Waals surface area contributed by atoms with Crippen LogP contribution in [0.4, 0.5) is 0 Å². The first kappa shape index (κ1) is 17.2. The van der Waals surface area contributed by atoms with Crippen molar-refractivity contribution in [2.24, 2.45) is 5.41 Å². The molecule has 0 aliphatic carbocycles. The van der Waals surface area contributed by atoms with Crippen LogP contribution in [0, 0.1) is 12.3 Å². The lowest BCUT2D eigenvalue weighted by Gasteiger charge is -2.21. The molecule has 2 rings (SSSR count). The Morgan fingerprint density at radius 3 is 2.43 bits per heavy atom. The number of hydrogen-bond donors (Lipinski definition) is 0. The summed E-state index contributed by atoms with van der Waals surface area (Å²) in [5, 5.41) is 0. The van der Waals surface area contributed by atoms with Crippen LogP contribution in [0.15, 0.2) is 41.4 Å². The highest BCUT2D eigenvalue weighted by Gasteiger charge is 2.55. The maximum absolute atomic E-state index is 12.7. The monoisotopic (exact) mass is 337 g/mol. The molecule has 0 bridgehead atoms. The number of esters is 1. The minimum absolute atomic E-state index is 0.0225. The van der Waals surface area contributed by atoms with E-state index in [1.165, 1.54) is 19.1 Å². The molecule has 6 nitrogen and oxygen atoms in total. The van der Waals surface area contributed by atoms with Gasteiger partial charge in [0.25, 0.3) is 15.9 Å². The Labute approximate surface area is 135 Å². The number of allylic oxidation sites excluding steroid dienone is 1. The quantitative estimate of drug-likeness (QED) is 0.620. The summed E-state index contributed by atoms with van der Waals surface area (Å²) in [7, 11) is -4.10. The first-order valence-corrected chi connectivity index (χ1v) is 8.60. The Kier molecular flexibility index (Phi) is 4.34. The van der Waals surface area contributed by atoms with Crippen LogP contribution in [0.2, 0.25) is 0 Å². The molecule has 1 aromatic carbocycles. The van der Waals surface area contributed by atoms with Crippen molar-refractivity contribution in [1.82, 2.24) is 4.31 Å². The topological polar surface area (TPSA) is 80.8 Å². The summed E-state index contributed by atoms with van der Waals surface area (Å²) in [5.74, 6) is -1.57. The number of rotatable bonds is 4. The maximum atomic E-state index is 12.7. The van der Waals surface area contributed by atoms with Crippen LogP contribution in [0.5, 0.6) is 0 Å². The molecule has 124 valence electrons. The lowest BCUT2D eigenvalue weighted by Crippen LogP contribution is -2.41. The van der Waals surface area contributed by atoms with E-state index in [2.05, 4.69) is 6.58 Å². The van der Waals surface area contributed by atoms with Crippen molar-refractivity contribution in [3.05, 3.63) is 42.1 Å². The summed E-state index contributed by atoms with van der Waals surface area (Å²) in [6, 6.07) is 6.12. The van der Waals surface area contributed by atoms with Crippen LogP contribution in [-0.2, 0) is 24.3 Å². The van der Waals surface area contributed by atoms with E-state index in [0.717, 1.165) is 5.56 Å². The van der Waals surface area contributed by atoms with Gasteiger partial charge in [0.2, 0.25) is 0 Å². The van der Waals surface area contributed by atoms with Gasteiger partial charge in [-0.2, -0.15) is 0 Å². The van der Waals surface area contributed by atoms with Gasteiger partial charge in [-0.25, -0.2) is 12.7 Å². The van der Waals surface area contributed by atoms with Crippen LogP contribution in [-0.4, -0.2) is 31.2 Å². The highest BCUT2D eigenvalue weighted by Crippen LogP contribution is 2.41. The van der Waals surface area contributed by atoms with Crippen LogP contribution < -0.4 is 0 Å². The molecule has 1 atom stereocenters. The lowest BCUT2D eigenvalue weighted by atomic mass is 9.88. The van der Waals surface area contributed by atoms with E-state index in [-0.39, 0.29) is 23.6 Å². The van der Waals surface area contributed by atoms with Crippen LogP contribution in [0.1, 0.15) is 25.8 Å². The fourth-order valence-corrected chi connectivity index (χ4v) is 3.98. The molecule has 0 N–H and O–H groups in total. The van der Waals surface area contributed by atoms with Gasteiger partial charge in [-0.05, 0) is 32.9 Å². The fourth-order valence-electron chi connectivity index (χ4n) is 2.47. The molecule has 1 fully saturated rings. The molecule has 1 unspecified atom stereocenters. The van der Waals surface area contributed by atoms with Crippen molar-refractivity contribution in [3.8, 4) is 0 Å². The van der Waals surface area contributed by atoms with Crippen molar-refractivity contribution in [3.63, 3.8) is 0 Å². The molecule has 1 aromatic rings. The molecule has 1 amide bonds. The Hall–Kier alpha value is -2.15. The summed E-state index contributed by atoms with van der Waals surface area (Å²) in [4.78, 5) is 24.7. The summed E-state index contributed by atoms with van der Waals surface area (Å²) in [6.07, 6.45) is -0.0875. The van der Waals surface area contributed by atoms with Crippen molar-refractivity contribution in [2.75, 3.05) is 6.61 Å². The molecule has 1 aliphatic rings. The molecular weight excluding hydrogens is 318 g/mol. The minimum Gasteiger partial charge on any atom is -0.465 e. The van der Waals surface area contributed by atoms with Gasteiger partial charge in [-0.3, -0.25) is 9.59 Å². The molecular formula is C16H19NO5S. The largest absolute Gasteiger partial charge is 0.465 e. The first-order valence-electron chi connectivity index (χ1n) is 7.16. The first-order chi connectivity index (χ1) is 10.6. The van der Waals surface area contributed by atoms with Gasteiger partial charge in [0.05, 0.1) is 11.5 Å². The molecule has 1 heterocycles. The standard InChI is InChI=1S/C16H19NO5S/c1-5-22-15(19)16(4)10-12(3)17(14(16)18)23(20,21)13-8-6-11(2)7-9-13/h6-9H,3,5,10H2,1-2,4H3. The van der Waals surface area contributed by atoms with Crippen LogP contribution in [0.25, 0.3) is 0 Å². The molecule has 1 aliphatic heterocycles. The van der Waals surface area contributed by atoms with Gasteiger partial charge in [0.15, 0.2) is 5.41 Å². The zero-order valence-electron chi connectivity index (χ0n) is 13.3. The average Bonchev–Trinajstić information content (AvgIpc) is 2.71. The zero-order chi connectivity index (χ0) is 17.4. The van der Waals surface area contributed by atoms with Gasteiger partial charge < -0.3 is 4.74 Å². The van der Waals surface area contributed by atoms with Crippen molar-refractivity contribution < 1.29 is 22.7 Å². The summed E-state index contributed by atoms with van der Waals surface area (Å²) in [5.41, 5.74) is -0.608. The predicted octanol–water partition coefficient (Wildman–Crippen LogP) is 2.00. The van der Waals surface area contributed by atoms with E-state index in [9.17, 15) is 18.0 Å². The number of ether oxygens (including phenoxy) is 1. The van der Waals surface area contributed by atoms with Gasteiger partial charge in [-0.1, -0.05) is 24.3 Å². The Morgan fingerprint density at radius 2 is 1.91 bits per heavy atom. The zero-order valence-corrected chi connectivity index (χ0v) is 14.1. The maximum Gasteiger partial charge on any atom is 0.321 e. The highest BCUT2D eigenvalue weighted by atomic mass is 32.2. The number of benzene rings is 1. The second-order valence-corrected chi connectivity index (χ2v) is 7.47. The SMILES string of the molecule is C=C1CC(C)(C(=O)OCC)C(=O)N1S(=O)(=O)c1ccc(C)cc1. The Bertz CT molecular complexity index is 766. The highest BCUT2D eigenvalue weighted by molar-refractivity contribution is 7.89. The van der Waals surface area contributed by atoms with Crippen molar-refractivity contribution in [2.45, 2.75) is 32.1 Å². The molecule has 23 heavy (non-hydrogen) atoms. The molecule has 0 aromatic heterocycles. The number of sulfonamides is 1. The van der Waals surface area contributed by atoms with E-state index < -0.39 is 27.3 Å². The molecule has 7 heteroatoms. The molecule has 0 radical (unpaired) electrons. The van der Waals surface area contributed by atoms with Crippen molar-refractivity contribution >= 4 is 21.9 Å². The number of carbonyl (C=O) groups is 2. The van der Waals surface area contributed by atoms with Crippen LogP contribution in [0.3, 0.4) is 0 Å². The minimum atomic E-state index is -4.10. The second-order valence-electron chi connectivity index (χ2n) is 5.68. The van der Waals surface area contributed by atoms with Crippen molar-refractivity contribution in [1.29, 1.82) is 0 Å². The third-order valence-electron chi connectivity index (χ3n) is 3.79. The van der Waals surface area contributed by atoms with Gasteiger partial charge in [0, 0.05) is 12.1 Å². The number of amides is 1. The van der Waals surface area contributed by atoms with Crippen LogP contribution >= 0.6 is 0 Å². The summed E-state index contributed by atoms with van der Waals surface area (Å²) >= 11 is 0. The number of carbonyl (C=O) groups excluding carboxylic acids is 2. The van der Waals surface area contributed by atoms with Gasteiger partial charge in [-0.15, -0.1) is 0 Å². The number of hydrogen-bond acceptors (Lipinski definition) is 5.